The predicted molar refractivity (Wildman–Crippen MR) is 79.6 cm³/mol. The van der Waals surface area contributed by atoms with Crippen molar-refractivity contribution in [3.8, 4) is 5.75 Å². The second kappa shape index (κ2) is 7.07. The summed E-state index contributed by atoms with van der Waals surface area (Å²) in [5.74, 6) is 0.852. The van der Waals surface area contributed by atoms with Gasteiger partial charge in [-0.15, -0.1) is 0 Å². The molecule has 1 fully saturated rings. The van der Waals surface area contributed by atoms with Gasteiger partial charge in [0.15, 0.2) is 0 Å². The van der Waals surface area contributed by atoms with Gasteiger partial charge in [-0.05, 0) is 37.1 Å². The Balaban J connectivity index is 1.74. The van der Waals surface area contributed by atoms with Gasteiger partial charge in [0.2, 0.25) is 0 Å². The fraction of sp³-hybridized carbons (Fsp3) is 0.625. The van der Waals surface area contributed by atoms with Crippen LogP contribution in [0.1, 0.15) is 11.1 Å². The molecule has 0 spiro atoms. The summed E-state index contributed by atoms with van der Waals surface area (Å²) in [5.41, 5.74) is 2.49. The minimum absolute atomic E-state index is 0.384. The van der Waals surface area contributed by atoms with Crippen LogP contribution >= 0.6 is 0 Å². The lowest BCUT2D eigenvalue weighted by Crippen LogP contribution is -3.27. The quantitative estimate of drug-likeness (QED) is 0.611. The van der Waals surface area contributed by atoms with E-state index in [1.54, 1.807) is 4.90 Å². The van der Waals surface area contributed by atoms with E-state index < -0.39 is 0 Å². The Morgan fingerprint density at radius 3 is 2.50 bits per heavy atom. The number of hydrogen-bond acceptors (Lipinski definition) is 2. The summed E-state index contributed by atoms with van der Waals surface area (Å²) in [6.07, 6.45) is -0.384. The summed E-state index contributed by atoms with van der Waals surface area (Å²) in [6.45, 7) is 10.0. The number of rotatable bonds is 5. The van der Waals surface area contributed by atoms with Crippen LogP contribution in [0.4, 0.5) is 0 Å². The molecule has 0 amide bonds. The van der Waals surface area contributed by atoms with Crippen LogP contribution in [-0.4, -0.2) is 57.6 Å². The molecule has 0 aliphatic carbocycles. The molecule has 1 aliphatic rings. The maximum absolute atomic E-state index is 10.1. The Kier molecular flexibility index (Phi) is 5.40. The van der Waals surface area contributed by atoms with Crippen molar-refractivity contribution in [2.45, 2.75) is 20.0 Å². The van der Waals surface area contributed by atoms with Gasteiger partial charge in [-0.1, -0.05) is 6.07 Å². The van der Waals surface area contributed by atoms with Gasteiger partial charge in [-0.2, -0.15) is 0 Å². The van der Waals surface area contributed by atoms with Gasteiger partial charge < -0.3 is 19.6 Å². The summed E-state index contributed by atoms with van der Waals surface area (Å²) in [7, 11) is 2.23. The van der Waals surface area contributed by atoms with Crippen LogP contribution in [0, 0.1) is 13.8 Å². The zero-order chi connectivity index (χ0) is 14.5. The lowest BCUT2D eigenvalue weighted by Gasteiger charge is -2.28. The van der Waals surface area contributed by atoms with Crippen molar-refractivity contribution in [2.75, 3.05) is 46.4 Å². The number of aryl methyl sites for hydroxylation is 2. The molecule has 1 aromatic carbocycles. The molecule has 1 aliphatic heterocycles. The lowest BCUT2D eigenvalue weighted by molar-refractivity contribution is -1.00. The van der Waals surface area contributed by atoms with E-state index in [0.29, 0.717) is 6.61 Å². The Morgan fingerprint density at radius 1 is 1.15 bits per heavy atom. The van der Waals surface area contributed by atoms with Crippen LogP contribution in [0.15, 0.2) is 18.2 Å². The second-order valence-corrected chi connectivity index (χ2v) is 6.12. The molecule has 0 aromatic heterocycles. The third-order valence-electron chi connectivity index (χ3n) is 4.26. The molecule has 2 rings (SSSR count). The Bertz CT molecular complexity index is 428. The van der Waals surface area contributed by atoms with Crippen LogP contribution in [0.2, 0.25) is 0 Å². The van der Waals surface area contributed by atoms with Crippen molar-refractivity contribution in [3.63, 3.8) is 0 Å². The highest BCUT2D eigenvalue weighted by molar-refractivity contribution is 5.33. The fourth-order valence-corrected chi connectivity index (χ4v) is 2.62. The number of hydrogen-bond donors (Lipinski definition) is 3. The number of aliphatic hydroxyl groups excluding tert-OH is 1. The van der Waals surface area contributed by atoms with Gasteiger partial charge in [0.1, 0.15) is 51.2 Å². The summed E-state index contributed by atoms with van der Waals surface area (Å²) in [5, 5.41) is 10.1. The van der Waals surface area contributed by atoms with Gasteiger partial charge in [-0.3, -0.25) is 0 Å². The third-order valence-corrected chi connectivity index (χ3v) is 4.26. The van der Waals surface area contributed by atoms with E-state index in [0.717, 1.165) is 25.4 Å². The number of benzene rings is 1. The molecule has 4 nitrogen and oxygen atoms in total. The first-order chi connectivity index (χ1) is 9.54. The van der Waals surface area contributed by atoms with Gasteiger partial charge in [-0.25, -0.2) is 0 Å². The molecule has 1 saturated heterocycles. The standard InChI is InChI=1S/C16H26N2O2/c1-13-4-5-16(10-14(13)2)20-12-15(19)11-18-8-6-17(3)7-9-18/h4-5,10,15,19H,6-9,11-12H2,1-3H3/p+2. The fourth-order valence-electron chi connectivity index (χ4n) is 2.62. The van der Waals surface area contributed by atoms with E-state index in [1.165, 1.54) is 29.1 Å². The van der Waals surface area contributed by atoms with E-state index in [-0.39, 0.29) is 6.10 Å². The highest BCUT2D eigenvalue weighted by atomic mass is 16.5. The molecule has 0 saturated carbocycles. The van der Waals surface area contributed by atoms with E-state index in [4.69, 9.17) is 4.74 Å². The number of ether oxygens (including phenoxy) is 1. The summed E-state index contributed by atoms with van der Waals surface area (Å²) >= 11 is 0. The highest BCUT2D eigenvalue weighted by Gasteiger charge is 2.22. The molecule has 1 heterocycles. The summed E-state index contributed by atoms with van der Waals surface area (Å²) in [6, 6.07) is 6.07. The second-order valence-electron chi connectivity index (χ2n) is 6.12. The first-order valence-corrected chi connectivity index (χ1v) is 7.57. The molecule has 1 aromatic rings. The monoisotopic (exact) mass is 280 g/mol. The Labute approximate surface area is 122 Å². The smallest absolute Gasteiger partial charge is 0.137 e. The molecule has 0 radical (unpaired) electrons. The van der Waals surface area contributed by atoms with Crippen LogP contribution < -0.4 is 14.5 Å². The largest absolute Gasteiger partial charge is 0.491 e. The van der Waals surface area contributed by atoms with E-state index in [1.807, 2.05) is 12.1 Å². The highest BCUT2D eigenvalue weighted by Crippen LogP contribution is 2.16. The summed E-state index contributed by atoms with van der Waals surface area (Å²) < 4.78 is 5.70. The number of likely N-dealkylation sites (N-methyl/N-ethyl adjacent to an activating group) is 1. The molecule has 20 heavy (non-hydrogen) atoms. The maximum atomic E-state index is 10.1. The Morgan fingerprint density at radius 2 is 1.85 bits per heavy atom. The van der Waals surface area contributed by atoms with Crippen molar-refractivity contribution < 1.29 is 19.6 Å². The van der Waals surface area contributed by atoms with E-state index >= 15 is 0 Å². The molecular formula is C16H28N2O2+2. The number of piperazine rings is 1. The molecular weight excluding hydrogens is 252 g/mol. The van der Waals surface area contributed by atoms with Crippen molar-refractivity contribution in [1.82, 2.24) is 0 Å². The van der Waals surface area contributed by atoms with Crippen LogP contribution in [0.5, 0.6) is 5.75 Å². The zero-order valence-corrected chi connectivity index (χ0v) is 12.9. The summed E-state index contributed by atoms with van der Waals surface area (Å²) in [4.78, 5) is 3.08. The SMILES string of the molecule is Cc1ccc(OCC(O)C[NH+]2CC[NH+](C)CC2)cc1C. The van der Waals surface area contributed by atoms with Crippen molar-refractivity contribution in [1.29, 1.82) is 0 Å². The average Bonchev–Trinajstić information content (AvgIpc) is 2.43. The number of quaternary nitrogens is 2. The van der Waals surface area contributed by atoms with Gasteiger partial charge in [0.25, 0.3) is 0 Å². The molecule has 1 unspecified atom stereocenters. The van der Waals surface area contributed by atoms with Crippen molar-refractivity contribution in [2.24, 2.45) is 0 Å². The van der Waals surface area contributed by atoms with Gasteiger partial charge in [0.05, 0.1) is 7.05 Å². The van der Waals surface area contributed by atoms with Crippen LogP contribution in [-0.2, 0) is 0 Å². The predicted octanol–water partition coefficient (Wildman–Crippen LogP) is -1.54. The number of nitrogens with one attached hydrogen (secondary N) is 2. The normalized spacial score (nSPS) is 24.4. The molecule has 4 heteroatoms. The third kappa shape index (κ3) is 4.47. The van der Waals surface area contributed by atoms with E-state index in [9.17, 15) is 5.11 Å². The maximum Gasteiger partial charge on any atom is 0.137 e. The van der Waals surface area contributed by atoms with Crippen molar-refractivity contribution >= 4 is 0 Å². The molecule has 0 bridgehead atoms. The van der Waals surface area contributed by atoms with Crippen LogP contribution in [0.25, 0.3) is 0 Å². The molecule has 112 valence electrons. The molecule has 3 N–H and O–H groups in total. The first-order valence-electron chi connectivity index (χ1n) is 7.57. The van der Waals surface area contributed by atoms with Crippen LogP contribution in [0.3, 0.4) is 0 Å². The Hall–Kier alpha value is -1.10. The van der Waals surface area contributed by atoms with Gasteiger partial charge >= 0.3 is 0 Å². The first kappa shape index (κ1) is 15.3. The van der Waals surface area contributed by atoms with Gasteiger partial charge in [0, 0.05) is 0 Å². The molecule has 1 atom stereocenters. The lowest BCUT2D eigenvalue weighted by atomic mass is 10.1. The van der Waals surface area contributed by atoms with E-state index in [2.05, 4.69) is 27.0 Å². The minimum Gasteiger partial charge on any atom is -0.491 e. The topological polar surface area (TPSA) is 38.3 Å². The van der Waals surface area contributed by atoms with Crippen molar-refractivity contribution in [3.05, 3.63) is 29.3 Å². The number of aliphatic hydroxyl groups is 1. The minimum atomic E-state index is -0.384. The zero-order valence-electron chi connectivity index (χ0n) is 12.9. The average molecular weight is 280 g/mol.